The summed E-state index contributed by atoms with van der Waals surface area (Å²) in [5, 5.41) is 9.95. The first-order valence-corrected chi connectivity index (χ1v) is 11.0. The van der Waals surface area contributed by atoms with E-state index in [9.17, 15) is 9.90 Å². The summed E-state index contributed by atoms with van der Waals surface area (Å²) in [6.07, 6.45) is 8.28. The maximum atomic E-state index is 12.2. The van der Waals surface area contributed by atoms with Crippen molar-refractivity contribution in [1.29, 1.82) is 0 Å². The van der Waals surface area contributed by atoms with E-state index in [-0.39, 0.29) is 17.5 Å². The van der Waals surface area contributed by atoms with Crippen molar-refractivity contribution in [2.45, 2.75) is 84.2 Å². The molecule has 0 spiro atoms. The summed E-state index contributed by atoms with van der Waals surface area (Å²) in [6.45, 7) is 6.74. The lowest BCUT2D eigenvalue weighted by Gasteiger charge is -2.53. The zero-order valence-corrected chi connectivity index (χ0v) is 17.0. The quantitative estimate of drug-likeness (QED) is 0.702. The highest BCUT2D eigenvalue weighted by molar-refractivity contribution is 5.69. The lowest BCUT2D eigenvalue weighted by molar-refractivity contribution is -0.158. The molecule has 148 valence electrons. The second-order valence-electron chi connectivity index (χ2n) is 9.40. The van der Waals surface area contributed by atoms with Gasteiger partial charge in [0.1, 0.15) is 11.9 Å². The molecule has 27 heavy (non-hydrogen) atoms. The fourth-order valence-corrected chi connectivity index (χ4v) is 6.75. The number of carbonyl (C=O) groups excluding carboxylic acids is 1. The number of rotatable bonds is 4. The fourth-order valence-electron chi connectivity index (χ4n) is 6.75. The third kappa shape index (κ3) is 3.07. The van der Waals surface area contributed by atoms with Crippen LogP contribution in [0.3, 0.4) is 0 Å². The normalized spacial score (nSPS) is 37.2. The molecule has 6 atom stereocenters. The molecule has 0 amide bonds. The van der Waals surface area contributed by atoms with Gasteiger partial charge in [-0.25, -0.2) is 0 Å². The van der Waals surface area contributed by atoms with Crippen LogP contribution in [0.1, 0.15) is 82.8 Å². The lowest BCUT2D eigenvalue weighted by Crippen LogP contribution is -2.48. The SMILES string of the molecule is CCCC(=O)O[C@H]1CCC2C3C(CC[C@@]21C)c1ccc(O)cc1C[C@@H]3CC. The summed E-state index contributed by atoms with van der Waals surface area (Å²) in [5.74, 6) is 2.97. The first kappa shape index (κ1) is 18.8. The molecule has 2 saturated carbocycles. The number of ether oxygens (including phenoxy) is 1. The van der Waals surface area contributed by atoms with Crippen LogP contribution in [0.2, 0.25) is 0 Å². The topological polar surface area (TPSA) is 46.5 Å². The average molecular weight is 371 g/mol. The Hall–Kier alpha value is -1.51. The predicted molar refractivity (Wildman–Crippen MR) is 107 cm³/mol. The second kappa shape index (κ2) is 7.14. The molecule has 4 rings (SSSR count). The van der Waals surface area contributed by atoms with Gasteiger partial charge >= 0.3 is 5.97 Å². The van der Waals surface area contributed by atoms with Crippen LogP contribution in [0, 0.1) is 23.2 Å². The molecule has 1 N–H and O–H groups in total. The van der Waals surface area contributed by atoms with Crippen molar-refractivity contribution in [1.82, 2.24) is 0 Å². The van der Waals surface area contributed by atoms with E-state index >= 15 is 0 Å². The zero-order valence-electron chi connectivity index (χ0n) is 17.0. The third-order valence-corrected chi connectivity index (χ3v) is 8.05. The minimum Gasteiger partial charge on any atom is -0.508 e. The Morgan fingerprint density at radius 2 is 2.07 bits per heavy atom. The van der Waals surface area contributed by atoms with Crippen LogP contribution < -0.4 is 0 Å². The molecular weight excluding hydrogens is 336 g/mol. The van der Waals surface area contributed by atoms with E-state index in [0.717, 1.165) is 25.7 Å². The number of carbonyl (C=O) groups is 1. The number of esters is 1. The van der Waals surface area contributed by atoms with Crippen molar-refractivity contribution >= 4 is 5.97 Å². The van der Waals surface area contributed by atoms with Crippen LogP contribution in [-0.4, -0.2) is 17.2 Å². The van der Waals surface area contributed by atoms with Crippen LogP contribution >= 0.6 is 0 Å². The minimum atomic E-state index is -0.0111. The number of phenolic OH excluding ortho intramolecular Hbond substituents is 1. The van der Waals surface area contributed by atoms with Gasteiger partial charge in [-0.1, -0.05) is 33.3 Å². The van der Waals surface area contributed by atoms with E-state index in [1.165, 1.54) is 30.4 Å². The molecular formula is C24H34O3. The Labute approximate surface area is 163 Å². The molecule has 1 aromatic rings. The van der Waals surface area contributed by atoms with E-state index in [2.05, 4.69) is 19.9 Å². The largest absolute Gasteiger partial charge is 0.508 e. The van der Waals surface area contributed by atoms with Gasteiger partial charge in [-0.15, -0.1) is 0 Å². The number of phenols is 1. The molecule has 1 aromatic carbocycles. The van der Waals surface area contributed by atoms with E-state index in [4.69, 9.17) is 4.74 Å². The highest BCUT2D eigenvalue weighted by Crippen LogP contribution is 2.63. The standard InChI is InChI=1S/C24H34O3/c1-4-6-22(26)27-21-10-9-20-23-15(5-2)13-16-14-17(25)7-8-18(16)19(23)11-12-24(20,21)3/h7-8,14-15,19-21,23,25H,4-6,9-13H2,1-3H3/t15-,19?,20?,21-,23?,24-/m0/s1. The van der Waals surface area contributed by atoms with Crippen molar-refractivity contribution in [2.75, 3.05) is 0 Å². The molecule has 0 bridgehead atoms. The number of benzene rings is 1. The van der Waals surface area contributed by atoms with Crippen molar-refractivity contribution < 1.29 is 14.6 Å². The molecule has 3 aliphatic rings. The fraction of sp³-hybridized carbons (Fsp3) is 0.708. The lowest BCUT2D eigenvalue weighted by atomic mass is 9.52. The molecule has 3 aliphatic carbocycles. The summed E-state index contributed by atoms with van der Waals surface area (Å²) >= 11 is 0. The average Bonchev–Trinajstić information content (AvgIpc) is 2.97. The Balaban J connectivity index is 1.63. The van der Waals surface area contributed by atoms with E-state index in [0.29, 0.717) is 35.8 Å². The number of hydrogen-bond donors (Lipinski definition) is 1. The van der Waals surface area contributed by atoms with Crippen molar-refractivity contribution in [3.8, 4) is 5.75 Å². The molecule has 0 aliphatic heterocycles. The highest BCUT2D eigenvalue weighted by atomic mass is 16.5. The second-order valence-corrected chi connectivity index (χ2v) is 9.40. The van der Waals surface area contributed by atoms with Gasteiger partial charge in [-0.05, 0) is 85.5 Å². The molecule has 0 heterocycles. The van der Waals surface area contributed by atoms with Crippen LogP contribution in [0.15, 0.2) is 18.2 Å². The molecule has 0 saturated heterocycles. The number of hydrogen-bond acceptors (Lipinski definition) is 3. The zero-order chi connectivity index (χ0) is 19.2. The first-order valence-electron chi connectivity index (χ1n) is 11.0. The van der Waals surface area contributed by atoms with E-state index in [1.807, 2.05) is 19.1 Å². The van der Waals surface area contributed by atoms with Gasteiger partial charge in [0.05, 0.1) is 0 Å². The predicted octanol–water partition coefficient (Wildman–Crippen LogP) is 5.60. The molecule has 0 aromatic heterocycles. The summed E-state index contributed by atoms with van der Waals surface area (Å²) in [5.41, 5.74) is 2.96. The highest BCUT2D eigenvalue weighted by Gasteiger charge is 2.57. The van der Waals surface area contributed by atoms with Gasteiger partial charge in [0.25, 0.3) is 0 Å². The summed E-state index contributed by atoms with van der Waals surface area (Å²) in [4.78, 5) is 12.2. The maximum absolute atomic E-state index is 12.2. The Bertz CT molecular complexity index is 712. The molecule has 3 nitrogen and oxygen atoms in total. The Kier molecular flexibility index (Phi) is 4.98. The Morgan fingerprint density at radius 1 is 1.26 bits per heavy atom. The van der Waals surface area contributed by atoms with E-state index < -0.39 is 0 Å². The first-order chi connectivity index (χ1) is 13.0. The van der Waals surface area contributed by atoms with Gasteiger partial charge in [-0.3, -0.25) is 4.79 Å². The number of fused-ring (bicyclic) bond motifs is 5. The maximum Gasteiger partial charge on any atom is 0.306 e. The van der Waals surface area contributed by atoms with Crippen molar-refractivity contribution in [3.63, 3.8) is 0 Å². The smallest absolute Gasteiger partial charge is 0.306 e. The van der Waals surface area contributed by atoms with E-state index in [1.54, 1.807) is 0 Å². The molecule has 2 fully saturated rings. The van der Waals surface area contributed by atoms with Gasteiger partial charge in [0.15, 0.2) is 0 Å². The molecule has 3 unspecified atom stereocenters. The molecule has 0 radical (unpaired) electrons. The third-order valence-electron chi connectivity index (χ3n) is 8.05. The van der Waals surface area contributed by atoms with Crippen LogP contribution in [0.4, 0.5) is 0 Å². The van der Waals surface area contributed by atoms with Crippen LogP contribution in [0.5, 0.6) is 5.75 Å². The molecule has 3 heteroatoms. The van der Waals surface area contributed by atoms with Crippen LogP contribution in [-0.2, 0) is 16.0 Å². The van der Waals surface area contributed by atoms with Crippen LogP contribution in [0.25, 0.3) is 0 Å². The summed E-state index contributed by atoms with van der Waals surface area (Å²) in [7, 11) is 0. The van der Waals surface area contributed by atoms with Gasteiger partial charge in [0, 0.05) is 11.8 Å². The van der Waals surface area contributed by atoms with Crippen molar-refractivity contribution in [2.24, 2.45) is 23.2 Å². The summed E-state index contributed by atoms with van der Waals surface area (Å²) < 4.78 is 5.99. The minimum absolute atomic E-state index is 0.0111. The van der Waals surface area contributed by atoms with Gasteiger partial charge in [0.2, 0.25) is 0 Å². The Morgan fingerprint density at radius 3 is 2.81 bits per heavy atom. The summed E-state index contributed by atoms with van der Waals surface area (Å²) in [6, 6.07) is 6.02. The van der Waals surface area contributed by atoms with Gasteiger partial charge in [-0.2, -0.15) is 0 Å². The van der Waals surface area contributed by atoms with Gasteiger partial charge < -0.3 is 9.84 Å². The van der Waals surface area contributed by atoms with Crippen molar-refractivity contribution in [3.05, 3.63) is 29.3 Å². The number of aromatic hydroxyl groups is 1. The monoisotopic (exact) mass is 370 g/mol.